The lowest BCUT2D eigenvalue weighted by atomic mass is 10.0. The van der Waals surface area contributed by atoms with Crippen molar-refractivity contribution in [1.82, 2.24) is 0 Å². The molecule has 2 aromatic rings. The van der Waals surface area contributed by atoms with Crippen LogP contribution in [0, 0.1) is 5.41 Å². The smallest absolute Gasteiger partial charge is 0.475 e. The van der Waals surface area contributed by atoms with Gasteiger partial charge in [0.2, 0.25) is 5.91 Å². The zero-order chi connectivity index (χ0) is 18.5. The van der Waals surface area contributed by atoms with Gasteiger partial charge in [-0.3, -0.25) is 10.2 Å². The van der Waals surface area contributed by atoms with E-state index in [0.717, 1.165) is 16.5 Å². The van der Waals surface area contributed by atoms with Crippen LogP contribution in [0.4, 0.5) is 18.9 Å². The molecule has 5 N–H and O–H groups in total. The fourth-order valence-corrected chi connectivity index (χ4v) is 1.74. The molecule has 0 aromatic heterocycles. The van der Waals surface area contributed by atoms with Gasteiger partial charge in [0, 0.05) is 23.6 Å². The molecule has 1 amide bonds. The Hall–Kier alpha value is -3.10. The van der Waals surface area contributed by atoms with Crippen molar-refractivity contribution in [3.63, 3.8) is 0 Å². The van der Waals surface area contributed by atoms with Crippen LogP contribution in [0.25, 0.3) is 10.8 Å². The van der Waals surface area contributed by atoms with Crippen molar-refractivity contribution < 1.29 is 27.9 Å². The number of carboxylic acids is 1. The molecule has 6 nitrogen and oxygen atoms in total. The molecular weight excluding hydrogens is 327 g/mol. The van der Waals surface area contributed by atoms with E-state index >= 15 is 0 Å². The first-order chi connectivity index (χ1) is 11.0. The van der Waals surface area contributed by atoms with Gasteiger partial charge in [-0.05, 0) is 17.5 Å². The number of rotatable bonds is 2. The summed E-state index contributed by atoms with van der Waals surface area (Å²) >= 11 is 0. The lowest BCUT2D eigenvalue weighted by Crippen LogP contribution is -2.21. The predicted molar refractivity (Wildman–Crippen MR) is 83.0 cm³/mol. The SMILES string of the molecule is CC(=O)Nc1cccc2ccc(C(=N)N)cc12.O=C(O)C(F)(F)F. The van der Waals surface area contributed by atoms with Gasteiger partial charge >= 0.3 is 12.1 Å². The van der Waals surface area contributed by atoms with Crippen LogP contribution in [0.2, 0.25) is 0 Å². The molecule has 0 heterocycles. The Morgan fingerprint density at radius 3 is 2.25 bits per heavy atom. The molecule has 0 spiro atoms. The van der Waals surface area contributed by atoms with E-state index in [0.29, 0.717) is 5.56 Å². The number of carbonyl (C=O) groups is 2. The summed E-state index contributed by atoms with van der Waals surface area (Å²) in [5, 5.41) is 19.2. The number of amides is 1. The maximum atomic E-state index is 11.1. The van der Waals surface area contributed by atoms with Gasteiger partial charge in [0.15, 0.2) is 0 Å². The summed E-state index contributed by atoms with van der Waals surface area (Å²) in [7, 11) is 0. The van der Waals surface area contributed by atoms with Gasteiger partial charge in [-0.1, -0.05) is 24.3 Å². The fraction of sp³-hybridized carbons (Fsp3) is 0.133. The van der Waals surface area contributed by atoms with E-state index < -0.39 is 12.1 Å². The van der Waals surface area contributed by atoms with Gasteiger partial charge in [-0.25, -0.2) is 4.79 Å². The summed E-state index contributed by atoms with van der Waals surface area (Å²) in [5.74, 6) is -2.86. The van der Waals surface area contributed by atoms with Crippen LogP contribution in [0.3, 0.4) is 0 Å². The van der Waals surface area contributed by atoms with Gasteiger partial charge in [0.25, 0.3) is 0 Å². The average molecular weight is 341 g/mol. The Morgan fingerprint density at radius 2 is 1.79 bits per heavy atom. The molecule has 0 saturated carbocycles. The lowest BCUT2D eigenvalue weighted by molar-refractivity contribution is -0.192. The van der Waals surface area contributed by atoms with Crippen LogP contribution >= 0.6 is 0 Å². The van der Waals surface area contributed by atoms with E-state index in [9.17, 15) is 18.0 Å². The minimum Gasteiger partial charge on any atom is -0.475 e. The molecule has 24 heavy (non-hydrogen) atoms. The maximum absolute atomic E-state index is 11.1. The summed E-state index contributed by atoms with van der Waals surface area (Å²) in [5.41, 5.74) is 6.83. The number of hydrogen-bond acceptors (Lipinski definition) is 3. The number of hydrogen-bond donors (Lipinski definition) is 4. The summed E-state index contributed by atoms with van der Waals surface area (Å²) < 4.78 is 31.7. The Bertz CT molecular complexity index is 788. The lowest BCUT2D eigenvalue weighted by Gasteiger charge is -2.08. The van der Waals surface area contributed by atoms with Crippen molar-refractivity contribution in [1.29, 1.82) is 5.41 Å². The molecule has 0 aliphatic rings. The van der Waals surface area contributed by atoms with E-state index in [1.165, 1.54) is 6.92 Å². The van der Waals surface area contributed by atoms with Crippen LogP contribution < -0.4 is 11.1 Å². The van der Waals surface area contributed by atoms with E-state index in [4.69, 9.17) is 21.0 Å². The van der Waals surface area contributed by atoms with Crippen LogP contribution in [0.1, 0.15) is 12.5 Å². The molecule has 128 valence electrons. The van der Waals surface area contributed by atoms with Crippen LogP contribution in [0.5, 0.6) is 0 Å². The Kier molecular flexibility index (Phi) is 5.88. The second kappa shape index (κ2) is 7.44. The number of alkyl halides is 3. The second-order valence-electron chi connectivity index (χ2n) is 4.64. The number of carboxylic acid groups (broad SMARTS) is 1. The van der Waals surface area contributed by atoms with E-state index in [2.05, 4.69) is 5.32 Å². The third-order valence-electron chi connectivity index (χ3n) is 2.75. The molecule has 2 aromatic carbocycles. The van der Waals surface area contributed by atoms with Crippen molar-refractivity contribution in [2.24, 2.45) is 5.73 Å². The number of amidine groups is 1. The number of anilines is 1. The molecule has 0 atom stereocenters. The topological polar surface area (TPSA) is 116 Å². The summed E-state index contributed by atoms with van der Waals surface area (Å²) in [6.45, 7) is 1.47. The standard InChI is InChI=1S/C13H13N3O.C2HF3O2/c1-8(17)16-12-4-2-3-9-5-6-10(13(14)15)7-11(9)12;3-2(4,5)1(6)7/h2-7H,1H3,(H3,14,15)(H,16,17);(H,6,7). The van der Waals surface area contributed by atoms with Crippen LogP contribution in [0.15, 0.2) is 36.4 Å². The highest BCUT2D eigenvalue weighted by Crippen LogP contribution is 2.24. The van der Waals surface area contributed by atoms with Crippen molar-refractivity contribution >= 4 is 34.2 Å². The summed E-state index contributed by atoms with van der Waals surface area (Å²) in [6.07, 6.45) is -5.08. The third-order valence-corrected chi connectivity index (χ3v) is 2.75. The summed E-state index contributed by atoms with van der Waals surface area (Å²) in [4.78, 5) is 20.0. The van der Waals surface area contributed by atoms with Gasteiger partial charge in [-0.15, -0.1) is 0 Å². The number of benzene rings is 2. The quantitative estimate of drug-likeness (QED) is 0.496. The molecule has 0 saturated heterocycles. The van der Waals surface area contributed by atoms with Crippen molar-refractivity contribution in [3.05, 3.63) is 42.0 Å². The maximum Gasteiger partial charge on any atom is 0.490 e. The monoisotopic (exact) mass is 341 g/mol. The molecule has 2 rings (SSSR count). The zero-order valence-electron chi connectivity index (χ0n) is 12.4. The van der Waals surface area contributed by atoms with E-state index in [1.54, 1.807) is 6.07 Å². The highest BCUT2D eigenvalue weighted by Gasteiger charge is 2.38. The predicted octanol–water partition coefficient (Wildman–Crippen LogP) is 2.72. The van der Waals surface area contributed by atoms with Gasteiger partial charge in [0.05, 0.1) is 0 Å². The molecule has 9 heteroatoms. The molecule has 0 bridgehead atoms. The first-order valence-electron chi connectivity index (χ1n) is 6.47. The number of nitrogens with one attached hydrogen (secondary N) is 2. The van der Waals surface area contributed by atoms with Crippen molar-refractivity contribution in [3.8, 4) is 0 Å². The normalized spacial score (nSPS) is 10.5. The molecule has 0 aliphatic heterocycles. The number of fused-ring (bicyclic) bond motifs is 1. The number of halogens is 3. The molecule has 0 radical (unpaired) electrons. The van der Waals surface area contributed by atoms with E-state index in [-0.39, 0.29) is 11.7 Å². The van der Waals surface area contributed by atoms with Crippen LogP contribution in [-0.2, 0) is 9.59 Å². The first kappa shape index (κ1) is 18.9. The molecular formula is C15H14F3N3O3. The van der Waals surface area contributed by atoms with Crippen molar-refractivity contribution in [2.45, 2.75) is 13.1 Å². The zero-order valence-corrected chi connectivity index (χ0v) is 12.4. The van der Waals surface area contributed by atoms with Gasteiger partial charge in [0.1, 0.15) is 5.84 Å². The molecule has 0 fully saturated rings. The summed E-state index contributed by atoms with van der Waals surface area (Å²) in [6, 6.07) is 11.1. The highest BCUT2D eigenvalue weighted by atomic mass is 19.4. The average Bonchev–Trinajstić information content (AvgIpc) is 2.46. The molecule has 0 aliphatic carbocycles. The molecule has 0 unspecified atom stereocenters. The van der Waals surface area contributed by atoms with Gasteiger partial charge in [-0.2, -0.15) is 13.2 Å². The highest BCUT2D eigenvalue weighted by molar-refractivity contribution is 6.05. The Morgan fingerprint density at radius 1 is 1.21 bits per heavy atom. The third kappa shape index (κ3) is 5.27. The van der Waals surface area contributed by atoms with Crippen molar-refractivity contribution in [2.75, 3.05) is 5.32 Å². The number of nitrogens with two attached hydrogens (primary N) is 1. The Labute approximate surface area is 134 Å². The number of nitrogen functional groups attached to an aromatic ring is 1. The van der Waals surface area contributed by atoms with Crippen LogP contribution in [-0.4, -0.2) is 29.0 Å². The first-order valence-corrected chi connectivity index (χ1v) is 6.47. The number of aliphatic carboxylic acids is 1. The minimum absolute atomic E-state index is 0.0181. The number of carbonyl (C=O) groups excluding carboxylic acids is 1. The largest absolute Gasteiger partial charge is 0.490 e. The minimum atomic E-state index is -5.08. The van der Waals surface area contributed by atoms with E-state index in [1.807, 2.05) is 30.3 Å². The van der Waals surface area contributed by atoms with Gasteiger partial charge < -0.3 is 16.2 Å². The second-order valence-corrected chi connectivity index (χ2v) is 4.64. The Balaban J connectivity index is 0.000000351. The fourth-order valence-electron chi connectivity index (χ4n) is 1.74.